The van der Waals surface area contributed by atoms with Gasteiger partial charge in [-0.3, -0.25) is 4.68 Å². The largest absolute Gasteiger partial charge is 0.497 e. The molecule has 1 heterocycles. The molecular formula is C20H22N2O. The van der Waals surface area contributed by atoms with Crippen LogP contribution in [0.3, 0.4) is 0 Å². The smallest absolute Gasteiger partial charge is 0.118 e. The summed E-state index contributed by atoms with van der Waals surface area (Å²) < 4.78 is 7.35. The lowest BCUT2D eigenvalue weighted by molar-refractivity contribution is 0.361. The highest BCUT2D eigenvalue weighted by Gasteiger charge is 2.21. The van der Waals surface area contributed by atoms with Crippen LogP contribution < -0.4 is 4.74 Å². The summed E-state index contributed by atoms with van der Waals surface area (Å²) in [7, 11) is 1.68. The molecule has 0 radical (unpaired) electrons. The molecule has 0 fully saturated rings. The number of aromatic nitrogens is 2. The van der Waals surface area contributed by atoms with E-state index < -0.39 is 0 Å². The van der Waals surface area contributed by atoms with Crippen LogP contribution in [0.2, 0.25) is 0 Å². The van der Waals surface area contributed by atoms with E-state index in [1.807, 2.05) is 30.3 Å². The second-order valence-electron chi connectivity index (χ2n) is 6.59. The summed E-state index contributed by atoms with van der Waals surface area (Å²) in [5.74, 6) is 0.860. The molecule has 0 aliphatic rings. The molecule has 0 unspecified atom stereocenters. The fraction of sp³-hybridized carbons (Fsp3) is 0.250. The monoisotopic (exact) mass is 306 g/mol. The summed E-state index contributed by atoms with van der Waals surface area (Å²) in [6.45, 7) is 6.51. The van der Waals surface area contributed by atoms with Gasteiger partial charge in [0.15, 0.2) is 0 Å². The predicted molar refractivity (Wildman–Crippen MR) is 94.6 cm³/mol. The van der Waals surface area contributed by atoms with E-state index in [9.17, 15) is 0 Å². The summed E-state index contributed by atoms with van der Waals surface area (Å²) in [6.07, 6.45) is 0. The van der Waals surface area contributed by atoms with Gasteiger partial charge in [-0.2, -0.15) is 5.10 Å². The summed E-state index contributed by atoms with van der Waals surface area (Å²) in [5.41, 5.74) is 4.27. The highest BCUT2D eigenvalue weighted by molar-refractivity contribution is 5.69. The number of rotatable bonds is 3. The topological polar surface area (TPSA) is 27.1 Å². The molecule has 0 aliphatic carbocycles. The average Bonchev–Trinajstić information content (AvgIpc) is 3.01. The Bertz CT molecular complexity index is 781. The number of benzene rings is 2. The van der Waals surface area contributed by atoms with E-state index in [1.165, 1.54) is 0 Å². The van der Waals surface area contributed by atoms with Crippen molar-refractivity contribution < 1.29 is 4.74 Å². The minimum absolute atomic E-state index is 0.0949. The Hall–Kier alpha value is -2.55. The molecule has 3 aromatic rings. The first-order chi connectivity index (χ1) is 11.0. The molecule has 0 aliphatic heterocycles. The molecule has 0 atom stereocenters. The van der Waals surface area contributed by atoms with E-state index >= 15 is 0 Å². The van der Waals surface area contributed by atoms with Gasteiger partial charge in [0.25, 0.3) is 0 Å². The van der Waals surface area contributed by atoms with Crippen molar-refractivity contribution >= 4 is 0 Å². The fourth-order valence-electron chi connectivity index (χ4n) is 2.61. The number of ether oxygens (including phenoxy) is 1. The molecule has 0 bridgehead atoms. The van der Waals surface area contributed by atoms with Crippen molar-refractivity contribution in [1.82, 2.24) is 9.78 Å². The first-order valence-electron chi connectivity index (χ1n) is 7.79. The summed E-state index contributed by atoms with van der Waals surface area (Å²) in [4.78, 5) is 0. The SMILES string of the molecule is COc1ccc(-c2cc(-c3ccccc3)nn2C(C)(C)C)cc1. The van der Waals surface area contributed by atoms with Crippen LogP contribution in [-0.4, -0.2) is 16.9 Å². The van der Waals surface area contributed by atoms with Gasteiger partial charge in [0.1, 0.15) is 5.75 Å². The molecule has 23 heavy (non-hydrogen) atoms. The Balaban J connectivity index is 2.12. The van der Waals surface area contributed by atoms with Gasteiger partial charge in [0.2, 0.25) is 0 Å². The molecule has 2 aromatic carbocycles. The fourth-order valence-corrected chi connectivity index (χ4v) is 2.61. The van der Waals surface area contributed by atoms with E-state index in [-0.39, 0.29) is 5.54 Å². The quantitative estimate of drug-likeness (QED) is 0.682. The van der Waals surface area contributed by atoms with Gasteiger partial charge in [-0.15, -0.1) is 0 Å². The first kappa shape index (κ1) is 15.3. The van der Waals surface area contributed by atoms with Crippen LogP contribution in [0.15, 0.2) is 60.7 Å². The maximum atomic E-state index is 5.25. The molecule has 0 saturated carbocycles. The van der Waals surface area contributed by atoms with Gasteiger partial charge in [0.05, 0.1) is 24.0 Å². The van der Waals surface area contributed by atoms with E-state index in [0.29, 0.717) is 0 Å². The van der Waals surface area contributed by atoms with Gasteiger partial charge in [-0.1, -0.05) is 30.3 Å². The van der Waals surface area contributed by atoms with Crippen molar-refractivity contribution in [2.24, 2.45) is 0 Å². The highest BCUT2D eigenvalue weighted by atomic mass is 16.5. The van der Waals surface area contributed by atoms with Crippen molar-refractivity contribution in [1.29, 1.82) is 0 Å². The predicted octanol–water partition coefficient (Wildman–Crippen LogP) is 4.98. The Kier molecular flexibility index (Phi) is 3.95. The van der Waals surface area contributed by atoms with Crippen LogP contribution in [-0.2, 0) is 5.54 Å². The zero-order valence-corrected chi connectivity index (χ0v) is 14.1. The number of methoxy groups -OCH3 is 1. The van der Waals surface area contributed by atoms with E-state index in [0.717, 1.165) is 28.3 Å². The molecule has 0 N–H and O–H groups in total. The van der Waals surface area contributed by atoms with Crippen LogP contribution in [0.1, 0.15) is 20.8 Å². The number of hydrogen-bond acceptors (Lipinski definition) is 2. The minimum Gasteiger partial charge on any atom is -0.497 e. The Morgan fingerprint density at radius 2 is 1.52 bits per heavy atom. The van der Waals surface area contributed by atoms with Gasteiger partial charge in [-0.25, -0.2) is 0 Å². The lowest BCUT2D eigenvalue weighted by Crippen LogP contribution is -2.24. The zero-order valence-electron chi connectivity index (χ0n) is 14.1. The molecule has 3 rings (SSSR count). The van der Waals surface area contributed by atoms with Gasteiger partial charge >= 0.3 is 0 Å². The Labute approximate surface area is 137 Å². The first-order valence-corrected chi connectivity index (χ1v) is 7.79. The second kappa shape index (κ2) is 5.92. The summed E-state index contributed by atoms with van der Waals surface area (Å²) in [6, 6.07) is 20.6. The van der Waals surface area contributed by atoms with E-state index in [1.54, 1.807) is 7.11 Å². The van der Waals surface area contributed by atoms with Gasteiger partial charge < -0.3 is 4.74 Å². The van der Waals surface area contributed by atoms with E-state index in [4.69, 9.17) is 9.84 Å². The highest BCUT2D eigenvalue weighted by Crippen LogP contribution is 2.31. The Morgan fingerprint density at radius 1 is 0.870 bits per heavy atom. The van der Waals surface area contributed by atoms with Crippen molar-refractivity contribution in [2.75, 3.05) is 7.11 Å². The van der Waals surface area contributed by atoms with E-state index in [2.05, 4.69) is 55.8 Å². The third kappa shape index (κ3) is 3.14. The maximum Gasteiger partial charge on any atom is 0.118 e. The van der Waals surface area contributed by atoms with Crippen LogP contribution in [0, 0.1) is 0 Å². The van der Waals surface area contributed by atoms with Crippen LogP contribution in [0.5, 0.6) is 5.75 Å². The minimum atomic E-state index is -0.0949. The van der Waals surface area contributed by atoms with Crippen LogP contribution >= 0.6 is 0 Å². The van der Waals surface area contributed by atoms with Gasteiger partial charge in [0, 0.05) is 11.1 Å². The lowest BCUT2D eigenvalue weighted by Gasteiger charge is -2.22. The standard InChI is InChI=1S/C20H22N2O/c1-20(2,3)22-19(16-10-12-17(23-4)13-11-16)14-18(21-22)15-8-6-5-7-9-15/h5-14H,1-4H3. The van der Waals surface area contributed by atoms with Crippen molar-refractivity contribution in [3.63, 3.8) is 0 Å². The van der Waals surface area contributed by atoms with Crippen molar-refractivity contribution in [2.45, 2.75) is 26.3 Å². The summed E-state index contributed by atoms with van der Waals surface area (Å²) in [5, 5.41) is 4.86. The van der Waals surface area contributed by atoms with Crippen LogP contribution in [0.4, 0.5) is 0 Å². The molecule has 118 valence electrons. The molecule has 0 amide bonds. The number of nitrogens with zero attached hydrogens (tertiary/aromatic N) is 2. The summed E-state index contributed by atoms with van der Waals surface area (Å²) >= 11 is 0. The maximum absolute atomic E-state index is 5.25. The Morgan fingerprint density at radius 3 is 2.09 bits per heavy atom. The van der Waals surface area contributed by atoms with Crippen molar-refractivity contribution in [3.05, 3.63) is 60.7 Å². The molecular weight excluding hydrogens is 284 g/mol. The lowest BCUT2D eigenvalue weighted by atomic mass is 10.1. The molecule has 3 heteroatoms. The molecule has 0 saturated heterocycles. The molecule has 1 aromatic heterocycles. The van der Waals surface area contributed by atoms with Crippen molar-refractivity contribution in [3.8, 4) is 28.3 Å². The van der Waals surface area contributed by atoms with Gasteiger partial charge in [-0.05, 0) is 51.1 Å². The third-order valence-electron chi connectivity index (χ3n) is 3.80. The molecule has 0 spiro atoms. The second-order valence-corrected chi connectivity index (χ2v) is 6.59. The van der Waals surface area contributed by atoms with Crippen LogP contribution in [0.25, 0.3) is 22.5 Å². The molecule has 3 nitrogen and oxygen atoms in total. The number of hydrogen-bond donors (Lipinski definition) is 0. The zero-order chi connectivity index (χ0) is 16.4. The average molecular weight is 306 g/mol. The third-order valence-corrected chi connectivity index (χ3v) is 3.80. The normalized spacial score (nSPS) is 11.5.